The molecule has 7 heteroatoms. The molecule has 1 amide bonds. The topological polar surface area (TPSA) is 66.5 Å². The summed E-state index contributed by atoms with van der Waals surface area (Å²) in [5.74, 6) is -0.737. The van der Waals surface area contributed by atoms with Crippen LogP contribution in [0.5, 0.6) is 0 Å². The fourth-order valence-corrected chi connectivity index (χ4v) is 2.77. The third kappa shape index (κ3) is 5.71. The van der Waals surface area contributed by atoms with Gasteiger partial charge in [0.25, 0.3) is 0 Å². The predicted molar refractivity (Wildman–Crippen MR) is 81.1 cm³/mol. The lowest BCUT2D eigenvalue weighted by Crippen LogP contribution is -2.38. The van der Waals surface area contributed by atoms with E-state index in [2.05, 4.69) is 5.32 Å². The Bertz CT molecular complexity index is 575. The fraction of sp³-hybridized carbons (Fsp3) is 0.500. The number of nitrogens with zero attached hydrogens (tertiary/aromatic N) is 1. The van der Waals surface area contributed by atoms with E-state index >= 15 is 0 Å². The molecule has 1 aromatic rings. The Morgan fingerprint density at radius 3 is 2.57 bits per heavy atom. The monoisotopic (exact) mass is 316 g/mol. The van der Waals surface area contributed by atoms with Gasteiger partial charge in [-0.15, -0.1) is 0 Å². The van der Waals surface area contributed by atoms with Gasteiger partial charge in [-0.05, 0) is 18.6 Å². The molecule has 5 nitrogen and oxygen atoms in total. The highest BCUT2D eigenvalue weighted by Gasteiger charge is 2.20. The van der Waals surface area contributed by atoms with Gasteiger partial charge in [0.1, 0.15) is 5.82 Å². The van der Waals surface area contributed by atoms with E-state index in [1.807, 2.05) is 6.92 Å². The zero-order valence-corrected chi connectivity index (χ0v) is 13.1. The van der Waals surface area contributed by atoms with E-state index in [4.69, 9.17) is 0 Å². The van der Waals surface area contributed by atoms with E-state index in [1.165, 1.54) is 18.2 Å². The zero-order valence-electron chi connectivity index (χ0n) is 12.3. The number of sulfonamides is 1. The maximum absolute atomic E-state index is 13.7. The molecule has 0 aliphatic heterocycles. The summed E-state index contributed by atoms with van der Waals surface area (Å²) in [6.45, 7) is 2.12. The first-order valence-corrected chi connectivity index (χ1v) is 8.70. The number of carbonyl (C=O) groups is 1. The highest BCUT2D eigenvalue weighted by atomic mass is 32.2. The first kappa shape index (κ1) is 17.4. The van der Waals surface area contributed by atoms with Crippen LogP contribution >= 0.6 is 0 Å². The molecule has 0 bridgehead atoms. The molecular formula is C14H21FN2O3S. The normalized spacial score (nSPS) is 11.2. The van der Waals surface area contributed by atoms with Crippen molar-refractivity contribution in [2.75, 3.05) is 23.7 Å². The van der Waals surface area contributed by atoms with E-state index in [1.54, 1.807) is 6.07 Å². The van der Waals surface area contributed by atoms with Crippen molar-refractivity contribution in [2.45, 2.75) is 26.2 Å². The van der Waals surface area contributed by atoms with Crippen molar-refractivity contribution in [1.29, 1.82) is 0 Å². The summed E-state index contributed by atoms with van der Waals surface area (Å²) in [7, 11) is -3.61. The number of anilines is 1. The lowest BCUT2D eigenvalue weighted by atomic mass is 10.2. The van der Waals surface area contributed by atoms with Crippen molar-refractivity contribution in [1.82, 2.24) is 5.32 Å². The number of halogens is 1. The molecule has 0 aliphatic carbocycles. The van der Waals surface area contributed by atoms with Gasteiger partial charge in [-0.3, -0.25) is 9.10 Å². The minimum Gasteiger partial charge on any atom is -0.354 e. The van der Waals surface area contributed by atoms with Crippen LogP contribution < -0.4 is 9.62 Å². The average molecular weight is 316 g/mol. The third-order valence-electron chi connectivity index (χ3n) is 2.92. The number of hydrogen-bond acceptors (Lipinski definition) is 3. The van der Waals surface area contributed by atoms with E-state index < -0.39 is 15.8 Å². The van der Waals surface area contributed by atoms with E-state index in [0.717, 1.165) is 23.4 Å². The summed E-state index contributed by atoms with van der Waals surface area (Å²) in [5.41, 5.74) is -0.0113. The maximum Gasteiger partial charge on any atom is 0.232 e. The van der Waals surface area contributed by atoms with Gasteiger partial charge in [-0.25, -0.2) is 12.8 Å². The third-order valence-corrected chi connectivity index (χ3v) is 4.10. The van der Waals surface area contributed by atoms with Crippen LogP contribution in [-0.2, 0) is 14.8 Å². The van der Waals surface area contributed by atoms with Crippen LogP contribution in [-0.4, -0.2) is 33.7 Å². The summed E-state index contributed by atoms with van der Waals surface area (Å²) in [4.78, 5) is 11.5. The number of benzene rings is 1. The lowest BCUT2D eigenvalue weighted by molar-refractivity contribution is -0.121. The lowest BCUT2D eigenvalue weighted by Gasteiger charge is -2.23. The van der Waals surface area contributed by atoms with Gasteiger partial charge in [-0.2, -0.15) is 0 Å². The molecule has 0 aliphatic rings. The van der Waals surface area contributed by atoms with Crippen molar-refractivity contribution >= 4 is 21.6 Å². The first-order chi connectivity index (χ1) is 9.86. The molecule has 0 fully saturated rings. The number of carbonyl (C=O) groups excluding carboxylic acids is 1. The summed E-state index contributed by atoms with van der Waals surface area (Å²) < 4.78 is 38.2. The molecule has 0 saturated carbocycles. The Balaban J connectivity index is 2.70. The number of unbranched alkanes of at least 4 members (excludes halogenated alkanes) is 1. The highest BCUT2D eigenvalue weighted by Crippen LogP contribution is 2.20. The summed E-state index contributed by atoms with van der Waals surface area (Å²) >= 11 is 0. The largest absolute Gasteiger partial charge is 0.354 e. The molecule has 21 heavy (non-hydrogen) atoms. The minimum absolute atomic E-state index is 0.00235. The van der Waals surface area contributed by atoms with Crippen molar-refractivity contribution in [3.8, 4) is 0 Å². The van der Waals surface area contributed by atoms with Crippen molar-refractivity contribution < 1.29 is 17.6 Å². The number of rotatable bonds is 8. The van der Waals surface area contributed by atoms with E-state index in [0.29, 0.717) is 6.42 Å². The molecule has 0 unspecified atom stereocenters. The van der Waals surface area contributed by atoms with Crippen molar-refractivity contribution in [3.05, 3.63) is 30.1 Å². The van der Waals surface area contributed by atoms with E-state index in [-0.39, 0.29) is 24.7 Å². The number of hydrogen-bond donors (Lipinski definition) is 1. The molecule has 0 heterocycles. The van der Waals surface area contributed by atoms with Gasteiger partial charge in [-0.1, -0.05) is 25.5 Å². The molecule has 0 spiro atoms. The van der Waals surface area contributed by atoms with Crippen molar-refractivity contribution in [3.63, 3.8) is 0 Å². The van der Waals surface area contributed by atoms with Gasteiger partial charge in [0.2, 0.25) is 15.9 Å². The first-order valence-electron chi connectivity index (χ1n) is 6.85. The second-order valence-corrected chi connectivity index (χ2v) is 6.65. The Morgan fingerprint density at radius 2 is 2.00 bits per heavy atom. The zero-order chi connectivity index (χ0) is 15.9. The molecule has 0 saturated heterocycles. The maximum atomic E-state index is 13.7. The number of amides is 1. The molecule has 1 rings (SSSR count). The smallest absolute Gasteiger partial charge is 0.232 e. The molecule has 1 N–H and O–H groups in total. The van der Waals surface area contributed by atoms with Crippen LogP contribution in [0.3, 0.4) is 0 Å². The van der Waals surface area contributed by atoms with Gasteiger partial charge >= 0.3 is 0 Å². The number of para-hydroxylation sites is 1. The molecule has 0 radical (unpaired) electrons. The van der Waals surface area contributed by atoms with Crippen LogP contribution in [0.4, 0.5) is 10.1 Å². The molecule has 0 aromatic heterocycles. The van der Waals surface area contributed by atoms with Crippen LogP contribution in [0, 0.1) is 5.82 Å². The average Bonchev–Trinajstić information content (AvgIpc) is 2.41. The fourth-order valence-electron chi connectivity index (χ4n) is 1.84. The Kier molecular flexibility index (Phi) is 6.61. The SMILES string of the molecule is CCCCC(=O)NCCN(c1ccccc1F)S(C)(=O)=O. The van der Waals surface area contributed by atoms with Gasteiger partial charge in [0.05, 0.1) is 18.5 Å². The molecule has 1 aromatic carbocycles. The summed E-state index contributed by atoms with van der Waals surface area (Å²) in [6, 6.07) is 5.66. The van der Waals surface area contributed by atoms with E-state index in [9.17, 15) is 17.6 Å². The number of nitrogens with one attached hydrogen (secondary N) is 1. The molecule has 118 valence electrons. The van der Waals surface area contributed by atoms with Crippen LogP contribution in [0.15, 0.2) is 24.3 Å². The Labute approximate surface area is 125 Å². The summed E-state index contributed by atoms with van der Waals surface area (Å²) in [6.07, 6.45) is 3.13. The predicted octanol–water partition coefficient (Wildman–Crippen LogP) is 1.90. The van der Waals surface area contributed by atoms with Gasteiger partial charge in [0.15, 0.2) is 0 Å². The Hall–Kier alpha value is -1.63. The highest BCUT2D eigenvalue weighted by molar-refractivity contribution is 7.92. The standard InChI is InChI=1S/C14H21FN2O3S/c1-3-4-9-14(18)16-10-11-17(21(2,19)20)13-8-6-5-7-12(13)15/h5-8H,3-4,9-11H2,1-2H3,(H,16,18). The van der Waals surface area contributed by atoms with Crippen LogP contribution in [0.1, 0.15) is 26.2 Å². The van der Waals surface area contributed by atoms with Gasteiger partial charge in [0, 0.05) is 13.0 Å². The van der Waals surface area contributed by atoms with Crippen LogP contribution in [0.25, 0.3) is 0 Å². The second-order valence-electron chi connectivity index (χ2n) is 4.74. The molecular weight excluding hydrogens is 295 g/mol. The molecule has 0 atom stereocenters. The summed E-state index contributed by atoms with van der Waals surface area (Å²) in [5, 5.41) is 2.64. The quantitative estimate of drug-likeness (QED) is 0.796. The minimum atomic E-state index is -3.61. The second kappa shape index (κ2) is 7.97. The van der Waals surface area contributed by atoms with Crippen LogP contribution in [0.2, 0.25) is 0 Å². The van der Waals surface area contributed by atoms with Crippen molar-refractivity contribution in [2.24, 2.45) is 0 Å². The Morgan fingerprint density at radius 1 is 1.33 bits per heavy atom. The van der Waals surface area contributed by atoms with Gasteiger partial charge < -0.3 is 5.32 Å².